The lowest BCUT2D eigenvalue weighted by Crippen LogP contribution is -2.32. The average Bonchev–Trinajstić information content (AvgIpc) is 3.39. The van der Waals surface area contributed by atoms with Gasteiger partial charge in [-0.1, -0.05) is 35.0 Å². The molecule has 1 aromatic heterocycles. The van der Waals surface area contributed by atoms with Crippen molar-refractivity contribution in [3.63, 3.8) is 0 Å². The van der Waals surface area contributed by atoms with Gasteiger partial charge in [-0.15, -0.1) is 0 Å². The number of aryl methyl sites for hydroxylation is 1. The van der Waals surface area contributed by atoms with Gasteiger partial charge >= 0.3 is 0 Å². The van der Waals surface area contributed by atoms with E-state index in [1.54, 1.807) is 24.1 Å². The second-order valence-corrected chi connectivity index (χ2v) is 7.37. The molecule has 1 aliphatic heterocycles. The van der Waals surface area contributed by atoms with Crippen LogP contribution in [0.2, 0.25) is 0 Å². The highest BCUT2D eigenvalue weighted by Gasteiger charge is 2.35. The van der Waals surface area contributed by atoms with Crippen molar-refractivity contribution in [2.75, 3.05) is 18.6 Å². The molecular formula is C23H23N3O4. The zero-order valence-corrected chi connectivity index (χ0v) is 16.9. The molecular weight excluding hydrogens is 382 g/mol. The smallest absolute Gasteiger partial charge is 0.227 e. The van der Waals surface area contributed by atoms with E-state index in [0.717, 1.165) is 17.0 Å². The third-order valence-corrected chi connectivity index (χ3v) is 5.22. The number of amides is 2. The van der Waals surface area contributed by atoms with Crippen LogP contribution in [-0.2, 0) is 16.1 Å². The number of hydrogen-bond acceptors (Lipinski definition) is 5. The highest BCUT2D eigenvalue weighted by molar-refractivity contribution is 6.00. The summed E-state index contributed by atoms with van der Waals surface area (Å²) >= 11 is 0. The minimum Gasteiger partial charge on any atom is -0.497 e. The van der Waals surface area contributed by atoms with E-state index < -0.39 is 5.92 Å². The molecule has 1 fully saturated rings. The molecule has 0 aliphatic carbocycles. The molecule has 154 valence electrons. The Labute approximate surface area is 174 Å². The van der Waals surface area contributed by atoms with Gasteiger partial charge in [0, 0.05) is 30.3 Å². The third-order valence-electron chi connectivity index (χ3n) is 5.22. The van der Waals surface area contributed by atoms with Crippen molar-refractivity contribution in [2.24, 2.45) is 5.92 Å². The molecule has 0 bridgehead atoms. The van der Waals surface area contributed by atoms with Crippen LogP contribution in [0.25, 0.3) is 11.3 Å². The van der Waals surface area contributed by atoms with Crippen LogP contribution in [0.5, 0.6) is 5.75 Å². The lowest BCUT2D eigenvalue weighted by Gasteiger charge is -2.17. The number of hydrogen-bond donors (Lipinski definition) is 1. The SMILES string of the molecule is COc1ccc(N2CC(C(=O)NCc3cc(-c4ccc(C)cc4)on3)CC2=O)cc1. The molecule has 7 nitrogen and oxygen atoms in total. The average molecular weight is 405 g/mol. The van der Waals surface area contributed by atoms with Gasteiger partial charge in [0.1, 0.15) is 11.4 Å². The number of methoxy groups -OCH3 is 1. The topological polar surface area (TPSA) is 84.7 Å². The Morgan fingerprint density at radius 1 is 1.20 bits per heavy atom. The molecule has 2 heterocycles. The Kier molecular flexibility index (Phi) is 5.52. The Morgan fingerprint density at radius 3 is 2.63 bits per heavy atom. The van der Waals surface area contributed by atoms with Crippen LogP contribution in [0.1, 0.15) is 17.7 Å². The summed E-state index contributed by atoms with van der Waals surface area (Å²) < 4.78 is 10.5. The summed E-state index contributed by atoms with van der Waals surface area (Å²) in [5.74, 6) is 0.740. The fraction of sp³-hybridized carbons (Fsp3) is 0.261. The zero-order chi connectivity index (χ0) is 21.1. The molecule has 3 aromatic rings. The minimum absolute atomic E-state index is 0.0663. The largest absolute Gasteiger partial charge is 0.497 e. The molecule has 30 heavy (non-hydrogen) atoms. The number of nitrogens with zero attached hydrogens (tertiary/aromatic N) is 2. The van der Waals surface area contributed by atoms with Crippen molar-refractivity contribution in [3.8, 4) is 17.1 Å². The second-order valence-electron chi connectivity index (χ2n) is 7.37. The predicted octanol–water partition coefficient (Wildman–Crippen LogP) is 3.33. The van der Waals surface area contributed by atoms with E-state index >= 15 is 0 Å². The molecule has 1 saturated heterocycles. The molecule has 2 aromatic carbocycles. The van der Waals surface area contributed by atoms with Crippen molar-refractivity contribution in [3.05, 3.63) is 65.9 Å². The first kappa shape index (κ1) is 19.7. The summed E-state index contributed by atoms with van der Waals surface area (Å²) in [5, 5.41) is 6.89. The van der Waals surface area contributed by atoms with E-state index in [-0.39, 0.29) is 24.8 Å². The third kappa shape index (κ3) is 4.20. The first-order chi connectivity index (χ1) is 14.5. The van der Waals surface area contributed by atoms with Gasteiger partial charge in [0.2, 0.25) is 11.8 Å². The van der Waals surface area contributed by atoms with Gasteiger partial charge in [-0.3, -0.25) is 9.59 Å². The molecule has 1 unspecified atom stereocenters. The van der Waals surface area contributed by atoms with Gasteiger partial charge in [-0.25, -0.2) is 0 Å². The summed E-state index contributed by atoms with van der Waals surface area (Å²) in [7, 11) is 1.59. The van der Waals surface area contributed by atoms with Crippen LogP contribution in [0.4, 0.5) is 5.69 Å². The summed E-state index contributed by atoms with van der Waals surface area (Å²) in [6, 6.07) is 17.0. The lowest BCUT2D eigenvalue weighted by atomic mass is 10.1. The van der Waals surface area contributed by atoms with Crippen LogP contribution in [0.15, 0.2) is 59.1 Å². The number of carbonyl (C=O) groups is 2. The predicted molar refractivity (Wildman–Crippen MR) is 112 cm³/mol. The Morgan fingerprint density at radius 2 is 1.93 bits per heavy atom. The van der Waals surface area contributed by atoms with Gasteiger partial charge in [0.05, 0.1) is 19.6 Å². The molecule has 1 N–H and O–H groups in total. The van der Waals surface area contributed by atoms with Gasteiger partial charge in [0.25, 0.3) is 0 Å². The maximum atomic E-state index is 12.6. The molecule has 1 atom stereocenters. The Bertz CT molecular complexity index is 1040. The van der Waals surface area contributed by atoms with Crippen molar-refractivity contribution in [1.29, 1.82) is 0 Å². The first-order valence-corrected chi connectivity index (χ1v) is 9.78. The van der Waals surface area contributed by atoms with Crippen LogP contribution < -0.4 is 15.0 Å². The van der Waals surface area contributed by atoms with E-state index in [1.807, 2.05) is 49.4 Å². The number of anilines is 1. The number of nitrogens with one attached hydrogen (secondary N) is 1. The van der Waals surface area contributed by atoms with Gasteiger partial charge in [-0.05, 0) is 31.2 Å². The Balaban J connectivity index is 1.34. The highest BCUT2D eigenvalue weighted by Crippen LogP contribution is 2.27. The van der Waals surface area contributed by atoms with E-state index in [9.17, 15) is 9.59 Å². The normalized spacial score (nSPS) is 16.0. The maximum absolute atomic E-state index is 12.6. The molecule has 0 spiro atoms. The minimum atomic E-state index is -0.400. The zero-order valence-electron chi connectivity index (χ0n) is 16.9. The molecule has 0 saturated carbocycles. The van der Waals surface area contributed by atoms with Crippen LogP contribution in [0, 0.1) is 12.8 Å². The summed E-state index contributed by atoms with van der Waals surface area (Å²) in [6.07, 6.45) is 0.186. The second kappa shape index (κ2) is 8.41. The number of carbonyl (C=O) groups excluding carboxylic acids is 2. The van der Waals surface area contributed by atoms with Crippen LogP contribution in [-0.4, -0.2) is 30.6 Å². The Hall–Kier alpha value is -3.61. The highest BCUT2D eigenvalue weighted by atomic mass is 16.5. The van der Waals surface area contributed by atoms with Gasteiger partial charge < -0.3 is 19.5 Å². The number of benzene rings is 2. The standard InChI is InChI=1S/C23H23N3O4/c1-15-3-5-16(6-4-15)21-12-18(25-30-21)13-24-23(28)17-11-22(27)26(14-17)19-7-9-20(29-2)10-8-19/h3-10,12,17H,11,13-14H2,1-2H3,(H,24,28). The fourth-order valence-electron chi connectivity index (χ4n) is 3.47. The van der Waals surface area contributed by atoms with E-state index in [1.165, 1.54) is 5.56 Å². The van der Waals surface area contributed by atoms with E-state index in [2.05, 4.69) is 10.5 Å². The van der Waals surface area contributed by atoms with Crippen molar-refractivity contribution >= 4 is 17.5 Å². The molecule has 2 amide bonds. The molecule has 4 rings (SSSR count). The number of ether oxygens (including phenoxy) is 1. The van der Waals surface area contributed by atoms with Crippen molar-refractivity contribution < 1.29 is 18.8 Å². The summed E-state index contributed by atoms with van der Waals surface area (Å²) in [6.45, 7) is 2.63. The quantitative estimate of drug-likeness (QED) is 0.680. The molecule has 7 heteroatoms. The van der Waals surface area contributed by atoms with Crippen molar-refractivity contribution in [2.45, 2.75) is 19.9 Å². The summed E-state index contributed by atoms with van der Waals surface area (Å²) in [5.41, 5.74) is 3.49. The monoisotopic (exact) mass is 405 g/mol. The van der Waals surface area contributed by atoms with Gasteiger partial charge in [0.15, 0.2) is 5.76 Å². The summed E-state index contributed by atoms with van der Waals surface area (Å²) in [4.78, 5) is 26.6. The number of aromatic nitrogens is 1. The number of rotatable bonds is 6. The molecule has 0 radical (unpaired) electrons. The van der Waals surface area contributed by atoms with Crippen molar-refractivity contribution in [1.82, 2.24) is 10.5 Å². The van der Waals surface area contributed by atoms with Crippen LogP contribution >= 0.6 is 0 Å². The lowest BCUT2D eigenvalue weighted by molar-refractivity contribution is -0.126. The van der Waals surface area contributed by atoms with E-state index in [0.29, 0.717) is 18.0 Å². The fourth-order valence-corrected chi connectivity index (χ4v) is 3.47. The van der Waals surface area contributed by atoms with E-state index in [4.69, 9.17) is 9.26 Å². The van der Waals surface area contributed by atoms with Crippen LogP contribution in [0.3, 0.4) is 0 Å². The maximum Gasteiger partial charge on any atom is 0.227 e. The first-order valence-electron chi connectivity index (χ1n) is 9.78. The molecule has 1 aliphatic rings. The van der Waals surface area contributed by atoms with Gasteiger partial charge in [-0.2, -0.15) is 0 Å².